The molecular weight excluding hydrogens is 258 g/mol. The van der Waals surface area contributed by atoms with Gasteiger partial charge in [-0.2, -0.15) is 0 Å². The van der Waals surface area contributed by atoms with Crippen molar-refractivity contribution < 1.29 is 0 Å². The third kappa shape index (κ3) is 4.44. The third-order valence-corrected chi connectivity index (χ3v) is 3.97. The highest BCUT2D eigenvalue weighted by Gasteiger charge is 2.22. The molecule has 0 aliphatic carbocycles. The second-order valence-electron chi connectivity index (χ2n) is 5.69. The van der Waals surface area contributed by atoms with Gasteiger partial charge in [0.05, 0.1) is 0 Å². The van der Waals surface area contributed by atoms with Crippen molar-refractivity contribution in [3.63, 3.8) is 0 Å². The number of pyridine rings is 1. The van der Waals surface area contributed by atoms with Crippen molar-refractivity contribution in [2.75, 3.05) is 26.2 Å². The minimum atomic E-state index is 0.481. The van der Waals surface area contributed by atoms with E-state index in [-0.39, 0.29) is 0 Å². The van der Waals surface area contributed by atoms with Gasteiger partial charge in [-0.15, -0.1) is 0 Å². The van der Waals surface area contributed by atoms with E-state index in [1.165, 1.54) is 18.4 Å². The predicted molar refractivity (Wildman–Crippen MR) is 80.5 cm³/mol. The first-order chi connectivity index (χ1) is 9.16. The number of hydrogen-bond acceptors (Lipinski definition) is 3. The van der Waals surface area contributed by atoms with E-state index in [1.54, 1.807) is 0 Å². The average molecular weight is 282 g/mol. The SMILES string of the molecule is CC(C)CC[C@H](c1ccc(Cl)nc1)N1CCNCC1. The van der Waals surface area contributed by atoms with Crippen molar-refractivity contribution in [3.05, 3.63) is 29.0 Å². The molecule has 0 spiro atoms. The molecule has 1 aromatic rings. The summed E-state index contributed by atoms with van der Waals surface area (Å²) in [5, 5.41) is 3.99. The monoisotopic (exact) mass is 281 g/mol. The Labute approximate surface area is 121 Å². The van der Waals surface area contributed by atoms with Crippen molar-refractivity contribution >= 4 is 11.6 Å². The van der Waals surface area contributed by atoms with Gasteiger partial charge in [0, 0.05) is 38.4 Å². The quantitative estimate of drug-likeness (QED) is 0.841. The van der Waals surface area contributed by atoms with Gasteiger partial charge < -0.3 is 5.32 Å². The minimum Gasteiger partial charge on any atom is -0.314 e. The van der Waals surface area contributed by atoms with Crippen LogP contribution in [0.2, 0.25) is 5.15 Å². The highest BCUT2D eigenvalue weighted by Crippen LogP contribution is 2.27. The van der Waals surface area contributed by atoms with Crippen LogP contribution in [0.25, 0.3) is 0 Å². The normalized spacial score (nSPS) is 18.7. The van der Waals surface area contributed by atoms with Gasteiger partial charge in [-0.05, 0) is 30.4 Å². The van der Waals surface area contributed by atoms with Crippen LogP contribution in [0.4, 0.5) is 0 Å². The summed E-state index contributed by atoms with van der Waals surface area (Å²) in [5.41, 5.74) is 1.30. The Morgan fingerprint density at radius 3 is 2.58 bits per heavy atom. The standard InChI is InChI=1S/C15H24ClN3/c1-12(2)3-5-14(19-9-7-17-8-10-19)13-4-6-15(16)18-11-13/h4,6,11-12,14,17H,3,5,7-10H2,1-2H3/t14-/m1/s1. The van der Waals surface area contributed by atoms with E-state index in [0.717, 1.165) is 32.1 Å². The molecule has 1 aromatic heterocycles. The van der Waals surface area contributed by atoms with E-state index in [2.05, 4.69) is 35.1 Å². The first kappa shape index (κ1) is 14.8. The molecule has 0 radical (unpaired) electrons. The maximum atomic E-state index is 5.89. The van der Waals surface area contributed by atoms with Gasteiger partial charge in [0.15, 0.2) is 0 Å². The largest absolute Gasteiger partial charge is 0.314 e. The Balaban J connectivity index is 2.10. The molecule has 4 heteroatoms. The summed E-state index contributed by atoms with van der Waals surface area (Å²) >= 11 is 5.89. The lowest BCUT2D eigenvalue weighted by atomic mass is 9.97. The molecule has 106 valence electrons. The average Bonchev–Trinajstić information content (AvgIpc) is 2.42. The second kappa shape index (κ2) is 7.22. The zero-order valence-corrected chi connectivity index (χ0v) is 12.7. The van der Waals surface area contributed by atoms with Gasteiger partial charge in [-0.3, -0.25) is 4.90 Å². The number of hydrogen-bond donors (Lipinski definition) is 1. The Hall–Kier alpha value is -0.640. The first-order valence-electron chi connectivity index (χ1n) is 7.23. The van der Waals surface area contributed by atoms with Crippen LogP contribution in [0.1, 0.15) is 38.3 Å². The maximum Gasteiger partial charge on any atom is 0.129 e. The number of nitrogens with zero attached hydrogens (tertiary/aromatic N) is 2. The predicted octanol–water partition coefficient (Wildman–Crippen LogP) is 3.12. The number of rotatable bonds is 5. The zero-order valence-electron chi connectivity index (χ0n) is 11.9. The van der Waals surface area contributed by atoms with Crippen molar-refractivity contribution in [3.8, 4) is 0 Å². The summed E-state index contributed by atoms with van der Waals surface area (Å²) in [7, 11) is 0. The smallest absolute Gasteiger partial charge is 0.129 e. The van der Waals surface area contributed by atoms with E-state index < -0.39 is 0 Å². The van der Waals surface area contributed by atoms with Crippen LogP contribution in [0.15, 0.2) is 18.3 Å². The summed E-state index contributed by atoms with van der Waals surface area (Å²) in [6.45, 7) is 8.97. The molecule has 2 rings (SSSR count). The molecule has 19 heavy (non-hydrogen) atoms. The fourth-order valence-electron chi connectivity index (χ4n) is 2.63. The molecule has 1 fully saturated rings. The zero-order chi connectivity index (χ0) is 13.7. The highest BCUT2D eigenvalue weighted by atomic mass is 35.5. The summed E-state index contributed by atoms with van der Waals surface area (Å²) in [6.07, 6.45) is 4.38. The molecule has 1 aliphatic rings. The number of nitrogens with one attached hydrogen (secondary N) is 1. The molecule has 1 atom stereocenters. The van der Waals surface area contributed by atoms with Crippen LogP contribution in [0.3, 0.4) is 0 Å². The van der Waals surface area contributed by atoms with E-state index in [1.807, 2.05) is 12.3 Å². The minimum absolute atomic E-state index is 0.481. The topological polar surface area (TPSA) is 28.2 Å². The summed E-state index contributed by atoms with van der Waals surface area (Å²) in [5.74, 6) is 0.741. The summed E-state index contributed by atoms with van der Waals surface area (Å²) < 4.78 is 0. The molecule has 1 N–H and O–H groups in total. The van der Waals surface area contributed by atoms with Crippen molar-refractivity contribution in [1.29, 1.82) is 0 Å². The molecule has 3 nitrogen and oxygen atoms in total. The van der Waals surface area contributed by atoms with Gasteiger partial charge in [-0.25, -0.2) is 4.98 Å². The summed E-state index contributed by atoms with van der Waals surface area (Å²) in [6, 6.07) is 4.51. The molecular formula is C15H24ClN3. The Morgan fingerprint density at radius 2 is 2.00 bits per heavy atom. The lowest BCUT2D eigenvalue weighted by Gasteiger charge is -2.35. The molecule has 1 aliphatic heterocycles. The molecule has 2 heterocycles. The van der Waals surface area contributed by atoms with Crippen LogP contribution in [0, 0.1) is 5.92 Å². The Kier molecular flexibility index (Phi) is 5.61. The molecule has 0 amide bonds. The number of piperazine rings is 1. The molecule has 0 unspecified atom stereocenters. The fraction of sp³-hybridized carbons (Fsp3) is 0.667. The van der Waals surface area contributed by atoms with Gasteiger partial charge in [0.1, 0.15) is 5.15 Å². The first-order valence-corrected chi connectivity index (χ1v) is 7.61. The Bertz CT molecular complexity index is 371. The number of halogens is 1. The second-order valence-corrected chi connectivity index (χ2v) is 6.07. The lowest BCUT2D eigenvalue weighted by molar-refractivity contribution is 0.159. The molecule has 0 saturated carbocycles. The van der Waals surface area contributed by atoms with Crippen LogP contribution in [0.5, 0.6) is 0 Å². The van der Waals surface area contributed by atoms with Crippen molar-refractivity contribution in [2.24, 2.45) is 5.92 Å². The van der Waals surface area contributed by atoms with E-state index in [0.29, 0.717) is 11.2 Å². The van der Waals surface area contributed by atoms with E-state index >= 15 is 0 Å². The molecule has 0 aromatic carbocycles. The third-order valence-electron chi connectivity index (χ3n) is 3.74. The molecule has 1 saturated heterocycles. The van der Waals surface area contributed by atoms with Gasteiger partial charge in [0.25, 0.3) is 0 Å². The van der Waals surface area contributed by atoms with Crippen LogP contribution < -0.4 is 5.32 Å². The van der Waals surface area contributed by atoms with Crippen LogP contribution in [-0.4, -0.2) is 36.1 Å². The lowest BCUT2D eigenvalue weighted by Crippen LogP contribution is -2.45. The van der Waals surface area contributed by atoms with Crippen molar-refractivity contribution in [2.45, 2.75) is 32.7 Å². The van der Waals surface area contributed by atoms with Crippen LogP contribution >= 0.6 is 11.6 Å². The highest BCUT2D eigenvalue weighted by molar-refractivity contribution is 6.29. The number of aromatic nitrogens is 1. The Morgan fingerprint density at radius 1 is 1.26 bits per heavy atom. The van der Waals surface area contributed by atoms with E-state index in [9.17, 15) is 0 Å². The van der Waals surface area contributed by atoms with Crippen LogP contribution in [-0.2, 0) is 0 Å². The van der Waals surface area contributed by atoms with E-state index in [4.69, 9.17) is 11.6 Å². The molecule has 0 bridgehead atoms. The van der Waals surface area contributed by atoms with Gasteiger partial charge in [0.2, 0.25) is 0 Å². The fourth-order valence-corrected chi connectivity index (χ4v) is 2.74. The van der Waals surface area contributed by atoms with Gasteiger partial charge >= 0.3 is 0 Å². The summed E-state index contributed by atoms with van der Waals surface area (Å²) in [4.78, 5) is 6.82. The van der Waals surface area contributed by atoms with Gasteiger partial charge in [-0.1, -0.05) is 31.5 Å². The van der Waals surface area contributed by atoms with Crippen molar-refractivity contribution in [1.82, 2.24) is 15.2 Å². The maximum absolute atomic E-state index is 5.89.